The molecule has 0 aromatic heterocycles. The second-order valence-corrected chi connectivity index (χ2v) is 10.0. The third-order valence-electron chi connectivity index (χ3n) is 6.06. The molecule has 0 saturated carbocycles. The molecule has 3 aromatic carbocycles. The average Bonchev–Trinajstić information content (AvgIpc) is 3.18. The van der Waals surface area contributed by atoms with Gasteiger partial charge >= 0.3 is 6.16 Å². The summed E-state index contributed by atoms with van der Waals surface area (Å²) in [5.41, 5.74) is 1.78. The number of imide groups is 1. The van der Waals surface area contributed by atoms with Crippen molar-refractivity contribution in [3.63, 3.8) is 0 Å². The molecule has 0 spiro atoms. The van der Waals surface area contributed by atoms with Gasteiger partial charge in [0, 0.05) is 28.9 Å². The molecule has 4 amide bonds. The Labute approximate surface area is 231 Å². The predicted molar refractivity (Wildman–Crippen MR) is 146 cm³/mol. The van der Waals surface area contributed by atoms with Crippen LogP contribution >= 0.6 is 0 Å². The standard InChI is InChI=1S/C30H29N3O7/c1-5-39-29(38)40-22-13-8-19(9-14-22)25(34)31-17-18-6-11-21(12-7-18)32-26(35)20-10-15-23-24(16-20)28(37)33(27(23)36)30(2,3)4/h6-16H,5,17H2,1-4H3,(H,31,34)(H,32,35). The van der Waals surface area contributed by atoms with Crippen molar-refractivity contribution in [3.05, 3.63) is 94.5 Å². The van der Waals surface area contributed by atoms with Gasteiger partial charge in [-0.25, -0.2) is 4.79 Å². The second-order valence-electron chi connectivity index (χ2n) is 10.0. The summed E-state index contributed by atoms with van der Waals surface area (Å²) in [7, 11) is 0. The van der Waals surface area contributed by atoms with Gasteiger partial charge in [-0.05, 0) is 87.9 Å². The van der Waals surface area contributed by atoms with E-state index in [1.54, 1.807) is 52.0 Å². The lowest BCUT2D eigenvalue weighted by atomic mass is 10.1. The van der Waals surface area contributed by atoms with Gasteiger partial charge in [0.1, 0.15) is 5.75 Å². The van der Waals surface area contributed by atoms with Crippen molar-refractivity contribution >= 4 is 35.5 Å². The Kier molecular flexibility index (Phi) is 7.99. The van der Waals surface area contributed by atoms with Crippen molar-refractivity contribution in [2.24, 2.45) is 0 Å². The van der Waals surface area contributed by atoms with Crippen LogP contribution in [0.4, 0.5) is 10.5 Å². The van der Waals surface area contributed by atoms with E-state index < -0.39 is 23.5 Å². The average molecular weight is 544 g/mol. The fourth-order valence-electron chi connectivity index (χ4n) is 4.10. The maximum atomic E-state index is 12.8. The molecular weight excluding hydrogens is 514 g/mol. The number of carbonyl (C=O) groups is 5. The lowest BCUT2D eigenvalue weighted by Crippen LogP contribution is -2.45. The summed E-state index contributed by atoms with van der Waals surface area (Å²) >= 11 is 0. The highest BCUT2D eigenvalue weighted by Gasteiger charge is 2.42. The smallest absolute Gasteiger partial charge is 0.434 e. The van der Waals surface area contributed by atoms with Crippen molar-refractivity contribution in [1.29, 1.82) is 0 Å². The second kappa shape index (κ2) is 11.4. The first-order chi connectivity index (χ1) is 19.0. The molecule has 0 aliphatic carbocycles. The molecule has 0 radical (unpaired) electrons. The first kappa shape index (κ1) is 28.0. The molecular formula is C30H29N3O7. The lowest BCUT2D eigenvalue weighted by molar-refractivity contribution is 0.0507. The maximum absolute atomic E-state index is 12.8. The summed E-state index contributed by atoms with van der Waals surface area (Å²) in [5.74, 6) is -1.26. The van der Waals surface area contributed by atoms with E-state index >= 15 is 0 Å². The number of benzene rings is 3. The third-order valence-corrected chi connectivity index (χ3v) is 6.06. The Morgan fingerprint density at radius 3 is 2.05 bits per heavy atom. The Morgan fingerprint density at radius 2 is 1.43 bits per heavy atom. The summed E-state index contributed by atoms with van der Waals surface area (Å²) in [6.45, 7) is 7.45. The molecule has 2 N–H and O–H groups in total. The molecule has 0 saturated heterocycles. The summed E-state index contributed by atoms with van der Waals surface area (Å²) in [4.78, 5) is 63.4. The number of anilines is 1. The van der Waals surface area contributed by atoms with Crippen LogP contribution in [0.1, 0.15) is 74.7 Å². The molecule has 1 aliphatic heterocycles. The van der Waals surface area contributed by atoms with E-state index in [0.29, 0.717) is 11.3 Å². The normalized spacial score (nSPS) is 12.6. The number of hydrogen-bond acceptors (Lipinski definition) is 7. The number of carbonyl (C=O) groups excluding carboxylic acids is 5. The van der Waals surface area contributed by atoms with E-state index in [0.717, 1.165) is 5.56 Å². The van der Waals surface area contributed by atoms with Crippen LogP contribution in [0.2, 0.25) is 0 Å². The number of amides is 4. The van der Waals surface area contributed by atoms with Crippen LogP contribution in [0.5, 0.6) is 5.75 Å². The van der Waals surface area contributed by atoms with Gasteiger partial charge in [0.2, 0.25) is 0 Å². The highest BCUT2D eigenvalue weighted by atomic mass is 16.7. The number of ether oxygens (including phenoxy) is 2. The van der Waals surface area contributed by atoms with Gasteiger partial charge in [-0.3, -0.25) is 24.1 Å². The van der Waals surface area contributed by atoms with Crippen molar-refractivity contribution in [2.45, 2.75) is 39.8 Å². The third kappa shape index (κ3) is 6.17. The molecule has 1 aliphatic rings. The number of fused-ring (bicyclic) bond motifs is 1. The van der Waals surface area contributed by atoms with Gasteiger partial charge in [0.05, 0.1) is 17.7 Å². The molecule has 4 rings (SSSR count). The van der Waals surface area contributed by atoms with Crippen LogP contribution in [0, 0.1) is 0 Å². The van der Waals surface area contributed by atoms with E-state index in [4.69, 9.17) is 9.47 Å². The van der Waals surface area contributed by atoms with Crippen molar-refractivity contribution in [1.82, 2.24) is 10.2 Å². The van der Waals surface area contributed by atoms with E-state index in [9.17, 15) is 24.0 Å². The fourth-order valence-corrected chi connectivity index (χ4v) is 4.10. The zero-order valence-corrected chi connectivity index (χ0v) is 22.6. The topological polar surface area (TPSA) is 131 Å². The minimum Gasteiger partial charge on any atom is -0.434 e. The Hall–Kier alpha value is -4.99. The molecule has 0 bridgehead atoms. The zero-order chi connectivity index (χ0) is 29.0. The molecule has 10 heteroatoms. The van der Waals surface area contributed by atoms with Gasteiger partial charge in [0.15, 0.2) is 0 Å². The molecule has 0 unspecified atom stereocenters. The van der Waals surface area contributed by atoms with E-state index in [1.165, 1.54) is 47.4 Å². The molecule has 0 atom stereocenters. The SMILES string of the molecule is CCOC(=O)Oc1ccc(C(=O)NCc2ccc(NC(=O)c3ccc4c(c3)C(=O)N(C(C)(C)C)C4=O)cc2)cc1. The number of nitrogens with one attached hydrogen (secondary N) is 2. The monoisotopic (exact) mass is 543 g/mol. The quantitative estimate of drug-likeness (QED) is 0.249. The van der Waals surface area contributed by atoms with Crippen molar-refractivity contribution in [3.8, 4) is 5.75 Å². The molecule has 0 fully saturated rings. The predicted octanol–water partition coefficient (Wildman–Crippen LogP) is 4.80. The minimum atomic E-state index is -0.814. The van der Waals surface area contributed by atoms with Crippen molar-refractivity contribution < 1.29 is 33.4 Å². The highest BCUT2D eigenvalue weighted by Crippen LogP contribution is 2.30. The first-order valence-corrected chi connectivity index (χ1v) is 12.6. The van der Waals surface area contributed by atoms with E-state index in [1.807, 2.05) is 0 Å². The minimum absolute atomic E-state index is 0.198. The molecule has 1 heterocycles. The van der Waals surface area contributed by atoms with Crippen LogP contribution in [0.15, 0.2) is 66.7 Å². The van der Waals surface area contributed by atoms with E-state index in [-0.39, 0.29) is 47.4 Å². The van der Waals surface area contributed by atoms with Crippen LogP contribution in [0.25, 0.3) is 0 Å². The summed E-state index contributed by atoms with van der Waals surface area (Å²) in [5, 5.41) is 5.59. The Bertz CT molecular complexity index is 1470. The molecule has 40 heavy (non-hydrogen) atoms. The number of hydrogen-bond donors (Lipinski definition) is 2. The Balaban J connectivity index is 1.33. The van der Waals surface area contributed by atoms with Gasteiger partial charge < -0.3 is 20.1 Å². The van der Waals surface area contributed by atoms with Crippen LogP contribution in [-0.4, -0.2) is 46.8 Å². The molecule has 10 nitrogen and oxygen atoms in total. The van der Waals surface area contributed by atoms with Gasteiger partial charge in [-0.2, -0.15) is 0 Å². The van der Waals surface area contributed by atoms with Crippen LogP contribution in [0.3, 0.4) is 0 Å². The van der Waals surface area contributed by atoms with E-state index in [2.05, 4.69) is 10.6 Å². The fraction of sp³-hybridized carbons (Fsp3) is 0.233. The Morgan fingerprint density at radius 1 is 0.800 bits per heavy atom. The molecule has 206 valence electrons. The van der Waals surface area contributed by atoms with Crippen LogP contribution in [-0.2, 0) is 11.3 Å². The highest BCUT2D eigenvalue weighted by molar-refractivity contribution is 6.22. The number of rotatable bonds is 7. The summed E-state index contributed by atoms with van der Waals surface area (Å²) in [6, 6.07) is 17.4. The summed E-state index contributed by atoms with van der Waals surface area (Å²) < 4.78 is 9.69. The zero-order valence-electron chi connectivity index (χ0n) is 22.6. The number of nitrogens with zero attached hydrogens (tertiary/aromatic N) is 1. The summed E-state index contributed by atoms with van der Waals surface area (Å²) in [6.07, 6.45) is -0.814. The largest absolute Gasteiger partial charge is 0.513 e. The van der Waals surface area contributed by atoms with Crippen LogP contribution < -0.4 is 15.4 Å². The molecule has 3 aromatic rings. The maximum Gasteiger partial charge on any atom is 0.513 e. The van der Waals surface area contributed by atoms with Gasteiger partial charge in [0.25, 0.3) is 23.6 Å². The van der Waals surface area contributed by atoms with Gasteiger partial charge in [-0.1, -0.05) is 12.1 Å². The first-order valence-electron chi connectivity index (χ1n) is 12.6. The van der Waals surface area contributed by atoms with Crippen molar-refractivity contribution in [2.75, 3.05) is 11.9 Å². The lowest BCUT2D eigenvalue weighted by Gasteiger charge is -2.29. The van der Waals surface area contributed by atoms with Gasteiger partial charge in [-0.15, -0.1) is 0 Å².